The number of nitrogens with one attached hydrogen (secondary N) is 1. The predicted molar refractivity (Wildman–Crippen MR) is 68.7 cm³/mol. The van der Waals surface area contributed by atoms with E-state index >= 15 is 0 Å². The molecule has 0 aromatic carbocycles. The molecule has 0 aliphatic rings. The second-order valence-electron chi connectivity index (χ2n) is 4.92. The highest BCUT2D eigenvalue weighted by Gasteiger charge is 2.24. The SMILES string of the molecule is CCCNCCC(C)(C)c1nccn1CC. The van der Waals surface area contributed by atoms with Crippen LogP contribution in [-0.4, -0.2) is 22.6 Å². The molecule has 1 N–H and O–H groups in total. The third-order valence-electron chi connectivity index (χ3n) is 3.02. The average Bonchev–Trinajstić information content (AvgIpc) is 2.73. The topological polar surface area (TPSA) is 29.9 Å². The largest absolute Gasteiger partial charge is 0.335 e. The molecule has 0 saturated heterocycles. The Hall–Kier alpha value is -0.830. The van der Waals surface area contributed by atoms with Crippen LogP contribution in [0.2, 0.25) is 0 Å². The zero-order valence-corrected chi connectivity index (χ0v) is 11.1. The predicted octanol–water partition coefficient (Wildman–Crippen LogP) is 2.57. The first kappa shape index (κ1) is 13.2. The van der Waals surface area contributed by atoms with Gasteiger partial charge in [-0.25, -0.2) is 4.98 Å². The molecule has 0 atom stereocenters. The van der Waals surface area contributed by atoms with E-state index in [1.54, 1.807) is 0 Å². The van der Waals surface area contributed by atoms with Crippen molar-refractivity contribution in [3.05, 3.63) is 18.2 Å². The van der Waals surface area contributed by atoms with Crippen molar-refractivity contribution in [2.45, 2.75) is 52.5 Å². The normalized spacial score (nSPS) is 12.0. The van der Waals surface area contributed by atoms with Gasteiger partial charge in [-0.3, -0.25) is 0 Å². The lowest BCUT2D eigenvalue weighted by Crippen LogP contribution is -2.28. The van der Waals surface area contributed by atoms with Crippen molar-refractivity contribution in [2.75, 3.05) is 13.1 Å². The van der Waals surface area contributed by atoms with Crippen LogP contribution >= 0.6 is 0 Å². The highest BCUT2D eigenvalue weighted by atomic mass is 15.1. The molecule has 0 amide bonds. The summed E-state index contributed by atoms with van der Waals surface area (Å²) in [7, 11) is 0. The van der Waals surface area contributed by atoms with Crippen molar-refractivity contribution in [1.82, 2.24) is 14.9 Å². The van der Waals surface area contributed by atoms with Crippen molar-refractivity contribution >= 4 is 0 Å². The Balaban J connectivity index is 2.55. The first-order chi connectivity index (χ1) is 7.61. The minimum absolute atomic E-state index is 0.153. The Morgan fingerprint density at radius 2 is 2.06 bits per heavy atom. The Bertz CT molecular complexity index is 302. The van der Waals surface area contributed by atoms with Gasteiger partial charge < -0.3 is 9.88 Å². The number of rotatable bonds is 7. The Morgan fingerprint density at radius 3 is 2.69 bits per heavy atom. The molecule has 0 unspecified atom stereocenters. The van der Waals surface area contributed by atoms with E-state index in [-0.39, 0.29) is 5.41 Å². The van der Waals surface area contributed by atoms with Gasteiger partial charge in [0.05, 0.1) is 0 Å². The first-order valence-electron chi connectivity index (χ1n) is 6.34. The molecule has 16 heavy (non-hydrogen) atoms. The van der Waals surface area contributed by atoms with E-state index in [4.69, 9.17) is 0 Å². The molecule has 3 nitrogen and oxygen atoms in total. The van der Waals surface area contributed by atoms with Gasteiger partial charge in [0.2, 0.25) is 0 Å². The molecule has 3 heteroatoms. The molecule has 0 bridgehead atoms. The molecule has 0 saturated carbocycles. The summed E-state index contributed by atoms with van der Waals surface area (Å²) in [6.45, 7) is 12.1. The minimum Gasteiger partial charge on any atom is -0.335 e. The van der Waals surface area contributed by atoms with E-state index in [1.807, 2.05) is 6.20 Å². The van der Waals surface area contributed by atoms with Crippen molar-refractivity contribution < 1.29 is 0 Å². The van der Waals surface area contributed by atoms with Crippen molar-refractivity contribution in [2.24, 2.45) is 0 Å². The summed E-state index contributed by atoms with van der Waals surface area (Å²) in [4.78, 5) is 4.49. The van der Waals surface area contributed by atoms with Crippen LogP contribution in [0.3, 0.4) is 0 Å². The maximum Gasteiger partial charge on any atom is 0.114 e. The van der Waals surface area contributed by atoms with E-state index in [2.05, 4.69) is 48.8 Å². The van der Waals surface area contributed by atoms with Gasteiger partial charge in [-0.15, -0.1) is 0 Å². The number of hydrogen-bond acceptors (Lipinski definition) is 2. The maximum absolute atomic E-state index is 4.49. The number of aromatic nitrogens is 2. The van der Waals surface area contributed by atoms with E-state index in [1.165, 1.54) is 12.2 Å². The van der Waals surface area contributed by atoms with Crippen LogP contribution in [0.4, 0.5) is 0 Å². The van der Waals surface area contributed by atoms with Crippen LogP contribution < -0.4 is 5.32 Å². The lowest BCUT2D eigenvalue weighted by molar-refractivity contribution is 0.415. The molecular weight excluding hydrogens is 198 g/mol. The number of imidazole rings is 1. The van der Waals surface area contributed by atoms with Crippen molar-refractivity contribution in [1.29, 1.82) is 0 Å². The molecule has 0 fully saturated rings. The lowest BCUT2D eigenvalue weighted by Gasteiger charge is -2.25. The summed E-state index contributed by atoms with van der Waals surface area (Å²) in [5.74, 6) is 1.20. The van der Waals surface area contributed by atoms with Crippen molar-refractivity contribution in [3.63, 3.8) is 0 Å². The van der Waals surface area contributed by atoms with Crippen LogP contribution in [0.15, 0.2) is 12.4 Å². The van der Waals surface area contributed by atoms with E-state index in [0.29, 0.717) is 0 Å². The van der Waals surface area contributed by atoms with Crippen molar-refractivity contribution in [3.8, 4) is 0 Å². The monoisotopic (exact) mass is 223 g/mol. The number of nitrogens with zero attached hydrogens (tertiary/aromatic N) is 2. The van der Waals surface area contributed by atoms with E-state index < -0.39 is 0 Å². The molecule has 92 valence electrons. The van der Waals surface area contributed by atoms with Gasteiger partial charge in [0.1, 0.15) is 5.82 Å². The Morgan fingerprint density at radius 1 is 1.31 bits per heavy atom. The molecular formula is C13H25N3. The third-order valence-corrected chi connectivity index (χ3v) is 3.02. The van der Waals surface area contributed by atoms with Gasteiger partial charge in [0.25, 0.3) is 0 Å². The second kappa shape index (κ2) is 6.04. The van der Waals surface area contributed by atoms with Gasteiger partial charge >= 0.3 is 0 Å². The number of hydrogen-bond donors (Lipinski definition) is 1. The van der Waals surface area contributed by atoms with Gasteiger partial charge in [0, 0.05) is 24.4 Å². The van der Waals surface area contributed by atoms with Crippen LogP contribution in [0.25, 0.3) is 0 Å². The summed E-state index contributed by atoms with van der Waals surface area (Å²) in [5, 5.41) is 3.45. The zero-order valence-electron chi connectivity index (χ0n) is 11.1. The fourth-order valence-corrected chi connectivity index (χ4v) is 1.96. The summed E-state index contributed by atoms with van der Waals surface area (Å²) in [6.07, 6.45) is 6.30. The fraction of sp³-hybridized carbons (Fsp3) is 0.769. The van der Waals surface area contributed by atoms with E-state index in [9.17, 15) is 0 Å². The molecule has 1 rings (SSSR count). The van der Waals surface area contributed by atoms with Crippen LogP contribution in [-0.2, 0) is 12.0 Å². The zero-order chi connectivity index (χ0) is 12.0. The van der Waals surface area contributed by atoms with Crippen LogP contribution in [0.5, 0.6) is 0 Å². The Kier molecular flexibility index (Phi) is 5.00. The number of aryl methyl sites for hydroxylation is 1. The summed E-state index contributed by atoms with van der Waals surface area (Å²) >= 11 is 0. The average molecular weight is 223 g/mol. The maximum atomic E-state index is 4.49. The summed E-state index contributed by atoms with van der Waals surface area (Å²) in [5.41, 5.74) is 0.153. The molecule has 1 heterocycles. The standard InChI is InChI=1S/C13H25N3/c1-5-8-14-9-7-13(3,4)12-15-10-11-16(12)6-2/h10-11,14H,5-9H2,1-4H3. The lowest BCUT2D eigenvalue weighted by atomic mass is 9.88. The van der Waals surface area contributed by atoms with Gasteiger partial charge in [-0.1, -0.05) is 20.8 Å². The molecule has 1 aromatic rings. The van der Waals surface area contributed by atoms with Gasteiger partial charge in [0.15, 0.2) is 0 Å². The smallest absolute Gasteiger partial charge is 0.114 e. The van der Waals surface area contributed by atoms with Crippen LogP contribution in [0, 0.1) is 0 Å². The molecule has 0 aliphatic carbocycles. The summed E-state index contributed by atoms with van der Waals surface area (Å²) < 4.78 is 2.24. The molecule has 0 spiro atoms. The van der Waals surface area contributed by atoms with Crippen LogP contribution in [0.1, 0.15) is 46.4 Å². The summed E-state index contributed by atoms with van der Waals surface area (Å²) in [6, 6.07) is 0. The Labute approximate surface area is 99.3 Å². The molecule has 0 radical (unpaired) electrons. The molecule has 1 aromatic heterocycles. The highest BCUT2D eigenvalue weighted by Crippen LogP contribution is 2.24. The second-order valence-corrected chi connectivity index (χ2v) is 4.92. The van der Waals surface area contributed by atoms with Gasteiger partial charge in [-0.05, 0) is 32.9 Å². The molecule has 0 aliphatic heterocycles. The fourth-order valence-electron chi connectivity index (χ4n) is 1.96. The first-order valence-corrected chi connectivity index (χ1v) is 6.34. The quantitative estimate of drug-likeness (QED) is 0.720. The highest BCUT2D eigenvalue weighted by molar-refractivity contribution is 5.06. The minimum atomic E-state index is 0.153. The van der Waals surface area contributed by atoms with Gasteiger partial charge in [-0.2, -0.15) is 0 Å². The van der Waals surface area contributed by atoms with E-state index in [0.717, 1.165) is 26.1 Å². The third kappa shape index (κ3) is 3.34.